The Labute approximate surface area is 256 Å². The number of benzene rings is 2. The number of thiazole rings is 1. The van der Waals surface area contributed by atoms with E-state index in [9.17, 15) is 9.59 Å². The van der Waals surface area contributed by atoms with Gasteiger partial charge in [-0.25, -0.2) is 9.79 Å². The van der Waals surface area contributed by atoms with Crippen molar-refractivity contribution >= 4 is 68.6 Å². The van der Waals surface area contributed by atoms with Gasteiger partial charge in [0.2, 0.25) is 5.75 Å². The van der Waals surface area contributed by atoms with E-state index in [4.69, 9.17) is 23.7 Å². The van der Waals surface area contributed by atoms with Crippen molar-refractivity contribution in [2.24, 2.45) is 4.99 Å². The summed E-state index contributed by atoms with van der Waals surface area (Å²) in [6.45, 7) is 3.64. The molecule has 2 heterocycles. The Morgan fingerprint density at radius 3 is 2.23 bits per heavy atom. The summed E-state index contributed by atoms with van der Waals surface area (Å²) >= 11 is 5.68. The number of rotatable bonds is 8. The second kappa shape index (κ2) is 12.3. The summed E-state index contributed by atoms with van der Waals surface area (Å²) in [5, 5.41) is 0. The lowest BCUT2D eigenvalue weighted by Crippen LogP contribution is -2.40. The van der Waals surface area contributed by atoms with E-state index in [1.54, 1.807) is 39.2 Å². The van der Waals surface area contributed by atoms with Crippen LogP contribution in [0.4, 0.5) is 0 Å². The molecule has 0 bridgehead atoms. The molecule has 206 valence electrons. The molecule has 1 atom stereocenters. The molecule has 1 aliphatic heterocycles. The molecule has 0 aliphatic carbocycles. The van der Waals surface area contributed by atoms with Crippen LogP contribution in [0.15, 0.2) is 45.3 Å². The fraction of sp³-hybridized carbons (Fsp3) is 0.296. The Morgan fingerprint density at radius 1 is 1.03 bits per heavy atom. The zero-order valence-corrected chi connectivity index (χ0v) is 27.2. The van der Waals surface area contributed by atoms with Crippen LogP contribution in [0.25, 0.3) is 6.08 Å². The topological polar surface area (TPSA) is 97.6 Å². The lowest BCUT2D eigenvalue weighted by Gasteiger charge is -2.26. The van der Waals surface area contributed by atoms with Crippen molar-refractivity contribution in [2.75, 3.05) is 35.0 Å². The SMILES string of the molecule is CCOC(=O)C1=C(C)N=c2s/c(=C\c3cc(I)cc(I)c3OC)c(=O)n2[C@H]1c1cc(OC)c(OC)c(OC)c1. The predicted molar refractivity (Wildman–Crippen MR) is 165 cm³/mol. The van der Waals surface area contributed by atoms with E-state index < -0.39 is 12.0 Å². The van der Waals surface area contributed by atoms with Gasteiger partial charge in [0.15, 0.2) is 16.3 Å². The number of carbonyl (C=O) groups is 1. The average molecular weight is 776 g/mol. The van der Waals surface area contributed by atoms with Crippen LogP contribution in [0, 0.1) is 7.14 Å². The summed E-state index contributed by atoms with van der Waals surface area (Å²) in [5.41, 5.74) is 1.76. The number of aromatic nitrogens is 1. The summed E-state index contributed by atoms with van der Waals surface area (Å²) in [5.74, 6) is 1.30. The molecule has 4 rings (SSSR count). The molecule has 0 radical (unpaired) electrons. The highest BCUT2D eigenvalue weighted by Gasteiger charge is 2.34. The highest BCUT2D eigenvalue weighted by molar-refractivity contribution is 14.1. The third kappa shape index (κ3) is 5.55. The standard InChI is InChI=1S/C27H26I2N2O7S/c1-7-38-26(33)21-13(2)30-27-31(22(21)14-9-18(34-3)24(37-6)19(10-14)35-4)25(32)20(39-27)11-15-8-16(28)12-17(29)23(15)36-5/h8-12,22H,7H2,1-6H3/b20-11-/t22-/m0/s1. The molecule has 3 aromatic rings. The number of fused-ring (bicyclic) bond motifs is 1. The average Bonchev–Trinajstić information content (AvgIpc) is 3.20. The molecule has 0 fully saturated rings. The highest BCUT2D eigenvalue weighted by Crippen LogP contribution is 2.42. The van der Waals surface area contributed by atoms with Gasteiger partial charge in [-0.15, -0.1) is 0 Å². The molecule has 0 unspecified atom stereocenters. The summed E-state index contributed by atoms with van der Waals surface area (Å²) in [4.78, 5) is 32.3. The van der Waals surface area contributed by atoms with E-state index in [0.717, 1.165) is 12.7 Å². The first kappa shape index (κ1) is 29.4. The van der Waals surface area contributed by atoms with Crippen LogP contribution in [0.3, 0.4) is 0 Å². The van der Waals surface area contributed by atoms with Crippen LogP contribution >= 0.6 is 56.5 Å². The largest absolute Gasteiger partial charge is 0.495 e. The second-order valence-electron chi connectivity index (χ2n) is 8.27. The molecular formula is C27H26I2N2O7S. The van der Waals surface area contributed by atoms with Crippen LogP contribution in [0.5, 0.6) is 23.0 Å². The van der Waals surface area contributed by atoms with E-state index in [-0.39, 0.29) is 17.7 Å². The molecule has 0 saturated heterocycles. The fourth-order valence-electron chi connectivity index (χ4n) is 4.41. The number of esters is 1. The number of methoxy groups -OCH3 is 4. The first-order chi connectivity index (χ1) is 18.7. The Balaban J connectivity index is 2.04. The van der Waals surface area contributed by atoms with Gasteiger partial charge in [-0.05, 0) is 94.9 Å². The lowest BCUT2D eigenvalue weighted by molar-refractivity contribution is -0.139. The second-order valence-corrected chi connectivity index (χ2v) is 11.7. The zero-order chi connectivity index (χ0) is 28.4. The van der Waals surface area contributed by atoms with Gasteiger partial charge in [0.25, 0.3) is 5.56 Å². The lowest BCUT2D eigenvalue weighted by atomic mass is 9.95. The van der Waals surface area contributed by atoms with E-state index in [2.05, 4.69) is 50.2 Å². The Kier molecular flexibility index (Phi) is 9.26. The first-order valence-electron chi connectivity index (χ1n) is 11.7. The number of nitrogens with zero attached hydrogens (tertiary/aromatic N) is 2. The van der Waals surface area contributed by atoms with Crippen molar-refractivity contribution in [1.29, 1.82) is 0 Å². The van der Waals surface area contributed by atoms with Gasteiger partial charge in [-0.1, -0.05) is 11.3 Å². The number of halogens is 2. The molecule has 0 N–H and O–H groups in total. The smallest absolute Gasteiger partial charge is 0.338 e. The molecule has 0 amide bonds. The van der Waals surface area contributed by atoms with Crippen LogP contribution in [-0.2, 0) is 9.53 Å². The van der Waals surface area contributed by atoms with Crippen LogP contribution < -0.4 is 33.8 Å². The fourth-order valence-corrected chi connectivity index (χ4v) is 7.56. The van der Waals surface area contributed by atoms with Crippen molar-refractivity contribution in [1.82, 2.24) is 4.57 Å². The van der Waals surface area contributed by atoms with Gasteiger partial charge >= 0.3 is 5.97 Å². The molecule has 9 nitrogen and oxygen atoms in total. The quantitative estimate of drug-likeness (QED) is 0.252. The van der Waals surface area contributed by atoms with Gasteiger partial charge in [0, 0.05) is 9.13 Å². The van der Waals surface area contributed by atoms with Gasteiger partial charge in [-0.2, -0.15) is 0 Å². The first-order valence-corrected chi connectivity index (χ1v) is 14.7. The van der Waals surface area contributed by atoms with Gasteiger partial charge in [-0.3, -0.25) is 9.36 Å². The monoisotopic (exact) mass is 776 g/mol. The molecule has 39 heavy (non-hydrogen) atoms. The molecule has 0 spiro atoms. The summed E-state index contributed by atoms with van der Waals surface area (Å²) in [6, 6.07) is 6.57. The van der Waals surface area contributed by atoms with Crippen molar-refractivity contribution in [2.45, 2.75) is 19.9 Å². The van der Waals surface area contributed by atoms with Gasteiger partial charge in [0.1, 0.15) is 5.75 Å². The summed E-state index contributed by atoms with van der Waals surface area (Å²) < 4.78 is 31.5. The Bertz CT molecular complexity index is 1630. The number of hydrogen-bond donors (Lipinski definition) is 0. The maximum atomic E-state index is 14.0. The molecule has 2 aromatic carbocycles. The van der Waals surface area contributed by atoms with Crippen LogP contribution in [0.1, 0.15) is 31.0 Å². The number of ether oxygens (including phenoxy) is 5. The molecular weight excluding hydrogens is 750 g/mol. The van der Waals surface area contributed by atoms with Crippen molar-refractivity contribution < 1.29 is 28.5 Å². The Hall–Kier alpha value is -2.59. The number of carbonyl (C=O) groups excluding carboxylic acids is 1. The van der Waals surface area contributed by atoms with Crippen molar-refractivity contribution in [3.63, 3.8) is 0 Å². The van der Waals surface area contributed by atoms with Crippen molar-refractivity contribution in [3.05, 3.63) is 73.5 Å². The van der Waals surface area contributed by atoms with E-state index in [1.807, 2.05) is 12.1 Å². The van der Waals surface area contributed by atoms with E-state index in [1.165, 1.54) is 37.2 Å². The van der Waals surface area contributed by atoms with Crippen LogP contribution in [0.2, 0.25) is 0 Å². The predicted octanol–water partition coefficient (Wildman–Crippen LogP) is 4.04. The van der Waals surface area contributed by atoms with Gasteiger partial charge in [0.05, 0.1) is 60.5 Å². The molecule has 1 aromatic heterocycles. The highest BCUT2D eigenvalue weighted by atomic mass is 127. The maximum Gasteiger partial charge on any atom is 0.338 e. The maximum absolute atomic E-state index is 14.0. The van der Waals surface area contributed by atoms with Crippen molar-refractivity contribution in [3.8, 4) is 23.0 Å². The normalized spacial score (nSPS) is 15.0. The minimum absolute atomic E-state index is 0.174. The third-order valence-electron chi connectivity index (χ3n) is 6.05. The minimum Gasteiger partial charge on any atom is -0.495 e. The number of allylic oxidation sites excluding steroid dienone is 1. The summed E-state index contributed by atoms with van der Waals surface area (Å²) in [7, 11) is 6.13. The number of hydrogen-bond acceptors (Lipinski definition) is 9. The molecule has 1 aliphatic rings. The molecule has 0 saturated carbocycles. The Morgan fingerprint density at radius 2 is 1.67 bits per heavy atom. The van der Waals surface area contributed by atoms with E-state index >= 15 is 0 Å². The van der Waals surface area contributed by atoms with E-state index in [0.29, 0.717) is 43.6 Å². The minimum atomic E-state index is -0.839. The van der Waals surface area contributed by atoms with Gasteiger partial charge < -0.3 is 23.7 Å². The molecule has 12 heteroatoms. The third-order valence-corrected chi connectivity index (χ3v) is 8.45. The van der Waals surface area contributed by atoms with Crippen LogP contribution in [-0.4, -0.2) is 45.6 Å². The summed E-state index contributed by atoms with van der Waals surface area (Å²) in [6.07, 6.45) is 1.79. The zero-order valence-electron chi connectivity index (χ0n) is 22.1.